The van der Waals surface area contributed by atoms with Gasteiger partial charge in [-0.1, -0.05) is 31.2 Å². The fraction of sp³-hybridized carbons (Fsp3) is 0.150. The molecule has 0 spiro atoms. The molecule has 140 valence electrons. The molecule has 0 aliphatic rings. The number of hydrogen-bond acceptors (Lipinski definition) is 5. The van der Waals surface area contributed by atoms with E-state index >= 15 is 0 Å². The third-order valence-electron chi connectivity index (χ3n) is 4.03. The number of benzene rings is 2. The first-order valence-electron chi connectivity index (χ1n) is 8.49. The molecular formula is C20H21N3O3S. The largest absolute Gasteiger partial charge is 0.495 e. The maximum atomic E-state index is 12.5. The summed E-state index contributed by atoms with van der Waals surface area (Å²) < 4.78 is 32.7. The Labute approximate surface area is 159 Å². The number of ether oxygens (including phenoxy) is 1. The number of para-hydroxylation sites is 2. The Hall–Kier alpha value is -3.06. The van der Waals surface area contributed by atoms with Gasteiger partial charge in [0, 0.05) is 0 Å². The van der Waals surface area contributed by atoms with Gasteiger partial charge in [-0.25, -0.2) is 13.4 Å². The van der Waals surface area contributed by atoms with Crippen molar-refractivity contribution in [3.05, 3.63) is 72.4 Å². The molecule has 7 heteroatoms. The lowest BCUT2D eigenvalue weighted by molar-refractivity contribution is 0.417. The molecule has 0 radical (unpaired) electrons. The second-order valence-electron chi connectivity index (χ2n) is 5.86. The zero-order valence-electron chi connectivity index (χ0n) is 15.1. The van der Waals surface area contributed by atoms with Gasteiger partial charge in [0.05, 0.1) is 29.6 Å². The van der Waals surface area contributed by atoms with Gasteiger partial charge in [0.15, 0.2) is 0 Å². The van der Waals surface area contributed by atoms with Crippen molar-refractivity contribution < 1.29 is 13.2 Å². The van der Waals surface area contributed by atoms with Crippen LogP contribution in [0.3, 0.4) is 0 Å². The molecule has 0 saturated carbocycles. The van der Waals surface area contributed by atoms with E-state index < -0.39 is 10.0 Å². The van der Waals surface area contributed by atoms with Crippen LogP contribution in [0.15, 0.2) is 71.8 Å². The number of pyridine rings is 1. The third kappa shape index (κ3) is 4.57. The summed E-state index contributed by atoms with van der Waals surface area (Å²) in [4.78, 5) is 4.39. The molecule has 1 aromatic heterocycles. The van der Waals surface area contributed by atoms with E-state index in [-0.39, 0.29) is 10.7 Å². The SMILES string of the molecule is CCc1ccc(S(=O)(=O)Nc2ccc(Nc3ccccc3OC)cn2)cc1. The van der Waals surface area contributed by atoms with Crippen LogP contribution in [0.2, 0.25) is 0 Å². The number of aromatic nitrogens is 1. The van der Waals surface area contributed by atoms with Gasteiger partial charge < -0.3 is 10.1 Å². The van der Waals surface area contributed by atoms with Crippen LogP contribution >= 0.6 is 0 Å². The molecule has 0 bridgehead atoms. The summed E-state index contributed by atoms with van der Waals surface area (Å²) in [7, 11) is -2.07. The van der Waals surface area contributed by atoms with Gasteiger partial charge in [0.25, 0.3) is 10.0 Å². The topological polar surface area (TPSA) is 80.3 Å². The molecular weight excluding hydrogens is 362 g/mol. The van der Waals surface area contributed by atoms with Crippen molar-refractivity contribution in [1.29, 1.82) is 0 Å². The number of aryl methyl sites for hydroxylation is 1. The average Bonchev–Trinajstić information content (AvgIpc) is 2.70. The first kappa shape index (κ1) is 18.7. The van der Waals surface area contributed by atoms with Gasteiger partial charge >= 0.3 is 0 Å². The van der Waals surface area contributed by atoms with E-state index in [4.69, 9.17) is 4.74 Å². The molecule has 6 nitrogen and oxygen atoms in total. The summed E-state index contributed by atoms with van der Waals surface area (Å²) >= 11 is 0. The van der Waals surface area contributed by atoms with Crippen molar-refractivity contribution in [2.24, 2.45) is 0 Å². The Balaban J connectivity index is 1.73. The van der Waals surface area contributed by atoms with Crippen LogP contribution in [0.5, 0.6) is 5.75 Å². The molecule has 0 saturated heterocycles. The van der Waals surface area contributed by atoms with Crippen LogP contribution in [-0.4, -0.2) is 20.5 Å². The number of anilines is 3. The third-order valence-corrected chi connectivity index (χ3v) is 5.40. The number of nitrogens with one attached hydrogen (secondary N) is 2. The van der Waals surface area contributed by atoms with Crippen LogP contribution in [0.4, 0.5) is 17.2 Å². The number of rotatable bonds is 7. The summed E-state index contributed by atoms with van der Waals surface area (Å²) in [6.07, 6.45) is 2.42. The molecule has 0 unspecified atom stereocenters. The molecule has 0 atom stereocenters. The summed E-state index contributed by atoms with van der Waals surface area (Å²) in [6, 6.07) is 17.7. The minimum Gasteiger partial charge on any atom is -0.495 e. The predicted octanol–water partition coefficient (Wildman–Crippen LogP) is 4.20. The van der Waals surface area contributed by atoms with Gasteiger partial charge in [0.2, 0.25) is 0 Å². The maximum absolute atomic E-state index is 12.5. The van der Waals surface area contributed by atoms with Gasteiger partial charge in [0.1, 0.15) is 11.6 Å². The fourth-order valence-corrected chi connectivity index (χ4v) is 3.54. The minimum atomic E-state index is -3.67. The summed E-state index contributed by atoms with van der Waals surface area (Å²) in [5, 5.41) is 3.19. The molecule has 3 rings (SSSR count). The second-order valence-corrected chi connectivity index (χ2v) is 7.54. The highest BCUT2D eigenvalue weighted by molar-refractivity contribution is 7.92. The quantitative estimate of drug-likeness (QED) is 0.639. The van der Waals surface area contributed by atoms with E-state index in [1.54, 1.807) is 37.6 Å². The number of sulfonamides is 1. The molecule has 0 aliphatic heterocycles. The van der Waals surface area contributed by atoms with E-state index in [1.165, 1.54) is 0 Å². The zero-order chi connectivity index (χ0) is 19.3. The van der Waals surface area contributed by atoms with E-state index in [0.717, 1.165) is 23.4 Å². The van der Waals surface area contributed by atoms with Crippen LogP contribution in [0.1, 0.15) is 12.5 Å². The molecule has 2 N–H and O–H groups in total. The lowest BCUT2D eigenvalue weighted by Gasteiger charge is -2.12. The molecule has 27 heavy (non-hydrogen) atoms. The number of hydrogen-bond donors (Lipinski definition) is 2. The average molecular weight is 383 g/mol. The Morgan fingerprint density at radius 2 is 1.74 bits per heavy atom. The Morgan fingerprint density at radius 3 is 2.37 bits per heavy atom. The second kappa shape index (κ2) is 8.09. The van der Waals surface area contributed by atoms with Gasteiger partial charge in [-0.2, -0.15) is 0 Å². The number of nitrogens with zero attached hydrogens (tertiary/aromatic N) is 1. The van der Waals surface area contributed by atoms with E-state index in [0.29, 0.717) is 5.75 Å². The van der Waals surface area contributed by atoms with Crippen molar-refractivity contribution >= 4 is 27.2 Å². The highest BCUT2D eigenvalue weighted by Gasteiger charge is 2.14. The van der Waals surface area contributed by atoms with Crippen molar-refractivity contribution in [1.82, 2.24) is 4.98 Å². The van der Waals surface area contributed by atoms with E-state index in [9.17, 15) is 8.42 Å². The van der Waals surface area contributed by atoms with Crippen LogP contribution in [-0.2, 0) is 16.4 Å². The summed E-state index contributed by atoms with van der Waals surface area (Å²) in [5.74, 6) is 0.956. The maximum Gasteiger partial charge on any atom is 0.263 e. The van der Waals surface area contributed by atoms with Crippen LogP contribution in [0.25, 0.3) is 0 Å². The molecule has 0 amide bonds. The predicted molar refractivity (Wildman–Crippen MR) is 107 cm³/mol. The first-order valence-corrected chi connectivity index (χ1v) is 9.98. The molecule has 3 aromatic rings. The normalized spacial score (nSPS) is 11.0. The molecule has 2 aromatic carbocycles. The Kier molecular flexibility index (Phi) is 5.61. The van der Waals surface area contributed by atoms with Crippen LogP contribution < -0.4 is 14.8 Å². The summed E-state index contributed by atoms with van der Waals surface area (Å²) in [5.41, 5.74) is 2.60. The van der Waals surface area contributed by atoms with E-state index in [2.05, 4.69) is 15.0 Å². The Bertz CT molecular complexity index is 1000. The van der Waals surface area contributed by atoms with Gasteiger partial charge in [-0.3, -0.25) is 4.72 Å². The summed E-state index contributed by atoms with van der Waals surface area (Å²) in [6.45, 7) is 2.02. The standard InChI is InChI=1S/C20H21N3O3S/c1-3-15-8-11-17(12-9-15)27(24,25)23-20-13-10-16(14-21-20)22-18-6-4-5-7-19(18)26-2/h4-14,22H,3H2,1-2H3,(H,21,23). The smallest absolute Gasteiger partial charge is 0.263 e. The van der Waals surface area contributed by atoms with Gasteiger partial charge in [-0.05, 0) is 48.4 Å². The number of methoxy groups -OCH3 is 1. The van der Waals surface area contributed by atoms with Crippen molar-refractivity contribution in [3.63, 3.8) is 0 Å². The molecule has 1 heterocycles. The van der Waals surface area contributed by atoms with Crippen molar-refractivity contribution in [2.45, 2.75) is 18.2 Å². The zero-order valence-corrected chi connectivity index (χ0v) is 16.0. The fourth-order valence-electron chi connectivity index (χ4n) is 2.53. The van der Waals surface area contributed by atoms with Crippen LogP contribution in [0, 0.1) is 0 Å². The highest BCUT2D eigenvalue weighted by atomic mass is 32.2. The minimum absolute atomic E-state index is 0.206. The molecule has 0 aliphatic carbocycles. The van der Waals surface area contributed by atoms with E-state index in [1.807, 2.05) is 43.3 Å². The van der Waals surface area contributed by atoms with Crippen molar-refractivity contribution in [2.75, 3.05) is 17.1 Å². The van der Waals surface area contributed by atoms with Crippen molar-refractivity contribution in [3.8, 4) is 5.75 Å². The monoisotopic (exact) mass is 383 g/mol. The lowest BCUT2D eigenvalue weighted by atomic mass is 10.2. The first-order chi connectivity index (χ1) is 13.0. The molecule has 0 fully saturated rings. The lowest BCUT2D eigenvalue weighted by Crippen LogP contribution is -2.13. The van der Waals surface area contributed by atoms with Gasteiger partial charge in [-0.15, -0.1) is 0 Å². The Morgan fingerprint density at radius 1 is 1.00 bits per heavy atom. The highest BCUT2D eigenvalue weighted by Crippen LogP contribution is 2.27.